The van der Waals surface area contributed by atoms with E-state index in [4.69, 9.17) is 4.74 Å². The van der Waals surface area contributed by atoms with Gasteiger partial charge in [-0.1, -0.05) is 18.2 Å². The number of amides is 4. The van der Waals surface area contributed by atoms with Crippen LogP contribution in [0.2, 0.25) is 0 Å². The van der Waals surface area contributed by atoms with Crippen LogP contribution in [0.25, 0.3) is 0 Å². The number of rotatable bonds is 4. The first-order chi connectivity index (χ1) is 15.7. The summed E-state index contributed by atoms with van der Waals surface area (Å²) < 4.78 is 44.6. The van der Waals surface area contributed by atoms with Gasteiger partial charge in [0.05, 0.1) is 36.9 Å². The molecule has 2 aromatic rings. The van der Waals surface area contributed by atoms with E-state index in [1.54, 1.807) is 29.2 Å². The summed E-state index contributed by atoms with van der Waals surface area (Å²) in [5.41, 5.74) is -0.299. The molecule has 0 spiro atoms. The number of likely N-dealkylation sites (tertiary alicyclic amines) is 1. The van der Waals surface area contributed by atoms with E-state index in [0.717, 1.165) is 22.6 Å². The highest BCUT2D eigenvalue weighted by atomic mass is 19.4. The Hall–Kier alpha value is -3.56. The van der Waals surface area contributed by atoms with Gasteiger partial charge in [-0.2, -0.15) is 13.2 Å². The molecular formula is C23H20F3N3O4. The minimum absolute atomic E-state index is 0.118. The third-order valence-corrected chi connectivity index (χ3v) is 6.51. The number of hydrogen-bond acceptors (Lipinski definition) is 4. The standard InChI is InChI=1S/C23H20F3N3O4/c1-33-17-7-2-4-13(8-17)9-19(30)27-12-16-11-18(27)20-21(31)29(22(32)28(16)20)15-6-3-5-14(10-15)23(24,25)26/h2-8,10,16,18,20H,9,11-12H2,1H3/t16?,18-,20-/m1/s1. The maximum atomic E-state index is 13.2. The van der Waals surface area contributed by atoms with Crippen LogP contribution in [0.3, 0.4) is 0 Å². The Morgan fingerprint density at radius 2 is 1.88 bits per heavy atom. The van der Waals surface area contributed by atoms with Gasteiger partial charge in [0.2, 0.25) is 5.91 Å². The monoisotopic (exact) mass is 459 g/mol. The topological polar surface area (TPSA) is 70.2 Å². The molecule has 2 bridgehead atoms. The molecule has 0 aromatic heterocycles. The van der Waals surface area contributed by atoms with Crippen LogP contribution in [-0.4, -0.2) is 59.4 Å². The summed E-state index contributed by atoms with van der Waals surface area (Å²) in [5.74, 6) is -0.151. The van der Waals surface area contributed by atoms with Crippen molar-refractivity contribution in [2.45, 2.75) is 37.1 Å². The molecule has 10 heteroatoms. The van der Waals surface area contributed by atoms with E-state index in [0.29, 0.717) is 18.7 Å². The van der Waals surface area contributed by atoms with Gasteiger partial charge in [0.1, 0.15) is 11.8 Å². The number of nitrogens with zero attached hydrogens (tertiary/aromatic N) is 3. The minimum Gasteiger partial charge on any atom is -0.497 e. The highest BCUT2D eigenvalue weighted by molar-refractivity contribution is 6.22. The number of fused-ring (bicyclic) bond motifs is 5. The SMILES string of the molecule is COc1cccc(CC(=O)N2CC3C[C@@H]2[C@@H]2C(=O)N(c4cccc(C(F)(F)F)c4)C(=O)N32)c1. The summed E-state index contributed by atoms with van der Waals surface area (Å²) in [7, 11) is 1.54. The summed E-state index contributed by atoms with van der Waals surface area (Å²) in [6, 6.07) is 8.91. The lowest BCUT2D eigenvalue weighted by atomic mass is 10.1. The van der Waals surface area contributed by atoms with Crippen molar-refractivity contribution in [2.24, 2.45) is 0 Å². The van der Waals surface area contributed by atoms with Crippen molar-refractivity contribution in [1.82, 2.24) is 9.80 Å². The quantitative estimate of drug-likeness (QED) is 0.659. The first-order valence-electron chi connectivity index (χ1n) is 10.4. The number of urea groups is 1. The number of anilines is 1. The number of alkyl halides is 3. The number of methoxy groups -OCH3 is 1. The zero-order valence-corrected chi connectivity index (χ0v) is 17.6. The molecule has 4 amide bonds. The molecule has 3 aliphatic heterocycles. The molecule has 0 radical (unpaired) electrons. The van der Waals surface area contributed by atoms with Gasteiger partial charge in [-0.3, -0.25) is 9.59 Å². The predicted octanol–water partition coefficient (Wildman–Crippen LogP) is 3.08. The molecule has 5 rings (SSSR count). The fourth-order valence-corrected chi connectivity index (χ4v) is 5.06. The predicted molar refractivity (Wildman–Crippen MR) is 111 cm³/mol. The first kappa shape index (κ1) is 21.3. The number of halogens is 3. The van der Waals surface area contributed by atoms with E-state index < -0.39 is 35.8 Å². The molecule has 33 heavy (non-hydrogen) atoms. The highest BCUT2D eigenvalue weighted by Gasteiger charge is 2.62. The van der Waals surface area contributed by atoms with Gasteiger partial charge in [-0.05, 0) is 42.3 Å². The molecular weight excluding hydrogens is 439 g/mol. The van der Waals surface area contributed by atoms with Gasteiger partial charge in [0.15, 0.2) is 0 Å². The molecule has 7 nitrogen and oxygen atoms in total. The molecule has 0 N–H and O–H groups in total. The molecule has 172 valence electrons. The van der Waals surface area contributed by atoms with Crippen LogP contribution in [0.4, 0.5) is 23.7 Å². The van der Waals surface area contributed by atoms with Crippen molar-refractivity contribution >= 4 is 23.5 Å². The number of piperazine rings is 1. The Labute approximate surface area is 187 Å². The van der Waals surface area contributed by atoms with Gasteiger partial charge in [0, 0.05) is 6.54 Å². The minimum atomic E-state index is -4.60. The van der Waals surface area contributed by atoms with Crippen LogP contribution in [0.15, 0.2) is 48.5 Å². The van der Waals surface area contributed by atoms with Crippen LogP contribution < -0.4 is 9.64 Å². The Balaban J connectivity index is 1.37. The van der Waals surface area contributed by atoms with Crippen LogP contribution in [0, 0.1) is 0 Å². The average Bonchev–Trinajstić information content (AvgIpc) is 3.45. The summed E-state index contributed by atoms with van der Waals surface area (Å²) in [6.07, 6.45) is -4.00. The Bertz CT molecular complexity index is 1150. The second-order valence-corrected chi connectivity index (χ2v) is 8.39. The Morgan fingerprint density at radius 1 is 1.12 bits per heavy atom. The van der Waals surface area contributed by atoms with Gasteiger partial charge in [-0.25, -0.2) is 9.69 Å². The molecule has 3 heterocycles. The molecule has 1 unspecified atom stereocenters. The zero-order valence-electron chi connectivity index (χ0n) is 17.6. The normalized spacial score (nSPS) is 24.0. The van der Waals surface area contributed by atoms with E-state index in [2.05, 4.69) is 0 Å². The maximum Gasteiger partial charge on any atom is 0.416 e. The van der Waals surface area contributed by atoms with Gasteiger partial charge >= 0.3 is 12.2 Å². The number of ether oxygens (including phenoxy) is 1. The average molecular weight is 459 g/mol. The van der Waals surface area contributed by atoms with Crippen molar-refractivity contribution in [3.63, 3.8) is 0 Å². The van der Waals surface area contributed by atoms with Crippen LogP contribution in [-0.2, 0) is 22.2 Å². The second kappa shape index (κ2) is 7.50. The lowest BCUT2D eigenvalue weighted by molar-refractivity contribution is -0.138. The second-order valence-electron chi connectivity index (χ2n) is 8.39. The van der Waals surface area contributed by atoms with E-state index in [1.165, 1.54) is 24.1 Å². The highest BCUT2D eigenvalue weighted by Crippen LogP contribution is 2.43. The van der Waals surface area contributed by atoms with Crippen LogP contribution in [0.1, 0.15) is 17.5 Å². The van der Waals surface area contributed by atoms with Crippen LogP contribution in [0.5, 0.6) is 5.75 Å². The van der Waals surface area contributed by atoms with Crippen molar-refractivity contribution in [2.75, 3.05) is 18.6 Å². The van der Waals surface area contributed by atoms with E-state index >= 15 is 0 Å². The molecule has 0 saturated carbocycles. The van der Waals surface area contributed by atoms with Crippen molar-refractivity contribution in [3.8, 4) is 5.75 Å². The summed E-state index contributed by atoms with van der Waals surface area (Å²) >= 11 is 0. The lowest BCUT2D eigenvalue weighted by Crippen LogP contribution is -2.55. The summed E-state index contributed by atoms with van der Waals surface area (Å²) in [4.78, 5) is 43.1. The molecule has 0 aliphatic carbocycles. The van der Waals surface area contributed by atoms with Crippen LogP contribution >= 0.6 is 0 Å². The maximum absolute atomic E-state index is 13.2. The molecule has 3 saturated heterocycles. The van der Waals surface area contributed by atoms with Crippen molar-refractivity contribution < 1.29 is 32.3 Å². The largest absolute Gasteiger partial charge is 0.497 e. The smallest absolute Gasteiger partial charge is 0.416 e. The lowest BCUT2D eigenvalue weighted by Gasteiger charge is -2.35. The molecule has 2 aromatic carbocycles. The molecule has 3 fully saturated rings. The Kier molecular flexibility index (Phi) is 4.84. The first-order valence-corrected chi connectivity index (χ1v) is 10.4. The fourth-order valence-electron chi connectivity index (χ4n) is 5.06. The number of carbonyl (C=O) groups excluding carboxylic acids is 3. The van der Waals surface area contributed by atoms with Crippen molar-refractivity contribution in [3.05, 3.63) is 59.7 Å². The molecule has 3 aliphatic rings. The summed E-state index contributed by atoms with van der Waals surface area (Å²) in [6.45, 7) is 0.291. The fraction of sp³-hybridized carbons (Fsp3) is 0.348. The van der Waals surface area contributed by atoms with E-state index in [9.17, 15) is 27.6 Å². The molecule has 3 atom stereocenters. The van der Waals surface area contributed by atoms with Gasteiger partial charge < -0.3 is 14.5 Å². The van der Waals surface area contributed by atoms with Crippen molar-refractivity contribution in [1.29, 1.82) is 0 Å². The number of benzene rings is 2. The van der Waals surface area contributed by atoms with Gasteiger partial charge in [0.25, 0.3) is 5.91 Å². The van der Waals surface area contributed by atoms with Gasteiger partial charge in [-0.15, -0.1) is 0 Å². The Morgan fingerprint density at radius 3 is 2.61 bits per heavy atom. The third-order valence-electron chi connectivity index (χ3n) is 6.51. The summed E-state index contributed by atoms with van der Waals surface area (Å²) in [5, 5.41) is 0. The van der Waals surface area contributed by atoms with E-state index in [1.807, 2.05) is 0 Å². The number of hydrogen-bond donors (Lipinski definition) is 0. The van der Waals surface area contributed by atoms with E-state index in [-0.39, 0.29) is 24.1 Å². The zero-order chi connectivity index (χ0) is 23.5. The number of carbonyl (C=O) groups is 3. The third kappa shape index (κ3) is 3.40. The number of imide groups is 1.